The largest absolute Gasteiger partial charge is 0.330 e. The van der Waals surface area contributed by atoms with E-state index in [1.165, 1.54) is 5.56 Å². The molecule has 2 N–H and O–H groups in total. The van der Waals surface area contributed by atoms with Crippen molar-refractivity contribution in [1.29, 1.82) is 0 Å². The monoisotopic (exact) mass is 169 g/mol. The molecule has 0 heterocycles. The Kier molecular flexibility index (Phi) is 2.92. The second kappa shape index (κ2) is 3.74. The van der Waals surface area contributed by atoms with Gasteiger partial charge in [0.05, 0.1) is 0 Å². The lowest BCUT2D eigenvalue weighted by molar-refractivity contribution is 0.774. The molecular weight excluding hydrogens is 158 g/mol. The van der Waals surface area contributed by atoms with Gasteiger partial charge in [-0.15, -0.1) is 0 Å². The Balaban J connectivity index is 2.81. The average Bonchev–Trinajstić information content (AvgIpc) is 2.05. The van der Waals surface area contributed by atoms with E-state index in [9.17, 15) is 0 Å². The minimum Gasteiger partial charge on any atom is -0.330 e. The maximum Gasteiger partial charge on any atom is 0.0406 e. The summed E-state index contributed by atoms with van der Waals surface area (Å²) in [5, 5.41) is 0.776. The standard InChI is InChI=1S/C9H12ClN/c1-7(6-11)8-2-4-9(10)5-3-8/h2-5,7H,6,11H2,1H3/t7-/m1/s1. The Labute approximate surface area is 72.2 Å². The van der Waals surface area contributed by atoms with Gasteiger partial charge in [-0.25, -0.2) is 0 Å². The van der Waals surface area contributed by atoms with Gasteiger partial charge >= 0.3 is 0 Å². The quantitative estimate of drug-likeness (QED) is 0.723. The van der Waals surface area contributed by atoms with Gasteiger partial charge in [0, 0.05) is 5.02 Å². The fourth-order valence-electron chi connectivity index (χ4n) is 0.927. The van der Waals surface area contributed by atoms with Crippen molar-refractivity contribution in [1.82, 2.24) is 0 Å². The predicted octanol–water partition coefficient (Wildman–Crippen LogP) is 2.40. The summed E-state index contributed by atoms with van der Waals surface area (Å²) in [7, 11) is 0. The molecule has 1 aromatic carbocycles. The number of nitrogens with two attached hydrogens (primary N) is 1. The summed E-state index contributed by atoms with van der Waals surface area (Å²) in [6.07, 6.45) is 0. The molecule has 0 fully saturated rings. The first-order valence-electron chi connectivity index (χ1n) is 3.69. The molecular formula is C9H12ClN. The zero-order valence-electron chi connectivity index (χ0n) is 6.55. The molecule has 1 aromatic rings. The molecule has 1 atom stereocenters. The topological polar surface area (TPSA) is 26.0 Å². The first-order valence-corrected chi connectivity index (χ1v) is 4.07. The van der Waals surface area contributed by atoms with Crippen LogP contribution in [0.25, 0.3) is 0 Å². The number of rotatable bonds is 2. The van der Waals surface area contributed by atoms with Gasteiger partial charge in [-0.3, -0.25) is 0 Å². The van der Waals surface area contributed by atoms with Crippen LogP contribution in [-0.2, 0) is 0 Å². The maximum absolute atomic E-state index is 5.73. The van der Waals surface area contributed by atoms with Crippen LogP contribution in [0.1, 0.15) is 18.4 Å². The van der Waals surface area contributed by atoms with Gasteiger partial charge in [0.25, 0.3) is 0 Å². The van der Waals surface area contributed by atoms with E-state index in [2.05, 4.69) is 6.92 Å². The molecule has 0 radical (unpaired) electrons. The van der Waals surface area contributed by atoms with E-state index in [-0.39, 0.29) is 0 Å². The number of benzene rings is 1. The highest BCUT2D eigenvalue weighted by Crippen LogP contribution is 2.16. The van der Waals surface area contributed by atoms with Crippen molar-refractivity contribution < 1.29 is 0 Å². The molecule has 0 aliphatic carbocycles. The summed E-state index contributed by atoms with van der Waals surface area (Å²) < 4.78 is 0. The summed E-state index contributed by atoms with van der Waals surface area (Å²) >= 11 is 5.73. The summed E-state index contributed by atoms with van der Waals surface area (Å²) in [6.45, 7) is 2.78. The fraction of sp³-hybridized carbons (Fsp3) is 0.333. The van der Waals surface area contributed by atoms with E-state index < -0.39 is 0 Å². The van der Waals surface area contributed by atoms with E-state index in [0.29, 0.717) is 12.5 Å². The first-order chi connectivity index (χ1) is 5.24. The third kappa shape index (κ3) is 2.21. The Bertz CT molecular complexity index is 218. The van der Waals surface area contributed by atoms with Crippen LogP contribution in [0, 0.1) is 0 Å². The first kappa shape index (κ1) is 8.57. The smallest absolute Gasteiger partial charge is 0.0406 e. The molecule has 2 heteroatoms. The zero-order valence-corrected chi connectivity index (χ0v) is 7.31. The van der Waals surface area contributed by atoms with Crippen molar-refractivity contribution >= 4 is 11.6 Å². The third-order valence-corrected chi connectivity index (χ3v) is 2.04. The SMILES string of the molecule is C[C@H](CN)c1ccc(Cl)cc1. The van der Waals surface area contributed by atoms with E-state index in [1.807, 2.05) is 24.3 Å². The Morgan fingerprint density at radius 3 is 2.36 bits per heavy atom. The lowest BCUT2D eigenvalue weighted by Crippen LogP contribution is -2.08. The highest BCUT2D eigenvalue weighted by molar-refractivity contribution is 6.30. The summed E-state index contributed by atoms with van der Waals surface area (Å²) in [6, 6.07) is 7.81. The highest BCUT2D eigenvalue weighted by Gasteiger charge is 2.00. The lowest BCUT2D eigenvalue weighted by atomic mass is 10.0. The second-order valence-electron chi connectivity index (χ2n) is 2.69. The minimum absolute atomic E-state index is 0.423. The van der Waals surface area contributed by atoms with Gasteiger partial charge < -0.3 is 5.73 Å². The maximum atomic E-state index is 5.73. The lowest BCUT2D eigenvalue weighted by Gasteiger charge is -2.07. The number of hydrogen-bond donors (Lipinski definition) is 1. The summed E-state index contributed by atoms with van der Waals surface area (Å²) in [5.41, 5.74) is 6.76. The molecule has 1 nitrogen and oxygen atoms in total. The molecule has 0 aliphatic rings. The van der Waals surface area contributed by atoms with Crippen LogP contribution >= 0.6 is 11.6 Å². The number of hydrogen-bond acceptors (Lipinski definition) is 1. The molecule has 0 saturated heterocycles. The van der Waals surface area contributed by atoms with E-state index in [1.54, 1.807) is 0 Å². The van der Waals surface area contributed by atoms with Gasteiger partial charge in [0.15, 0.2) is 0 Å². The molecule has 0 amide bonds. The van der Waals surface area contributed by atoms with Crippen molar-refractivity contribution in [2.24, 2.45) is 5.73 Å². The van der Waals surface area contributed by atoms with Crippen LogP contribution in [0.5, 0.6) is 0 Å². The van der Waals surface area contributed by atoms with Gasteiger partial charge in [-0.05, 0) is 30.2 Å². The van der Waals surface area contributed by atoms with Crippen molar-refractivity contribution in [2.45, 2.75) is 12.8 Å². The van der Waals surface area contributed by atoms with E-state index in [0.717, 1.165) is 5.02 Å². The summed E-state index contributed by atoms with van der Waals surface area (Å²) in [5.74, 6) is 0.423. The van der Waals surface area contributed by atoms with Crippen LogP contribution < -0.4 is 5.73 Å². The molecule has 0 aliphatic heterocycles. The second-order valence-corrected chi connectivity index (χ2v) is 3.12. The molecule has 0 aromatic heterocycles. The van der Waals surface area contributed by atoms with Crippen LogP contribution in [-0.4, -0.2) is 6.54 Å². The zero-order chi connectivity index (χ0) is 8.27. The molecule has 1 rings (SSSR count). The normalized spacial score (nSPS) is 13.0. The third-order valence-electron chi connectivity index (χ3n) is 1.79. The Morgan fingerprint density at radius 2 is 1.91 bits per heavy atom. The van der Waals surface area contributed by atoms with Crippen LogP contribution in [0.15, 0.2) is 24.3 Å². The predicted molar refractivity (Wildman–Crippen MR) is 48.9 cm³/mol. The van der Waals surface area contributed by atoms with E-state index in [4.69, 9.17) is 17.3 Å². The van der Waals surface area contributed by atoms with Crippen molar-refractivity contribution in [3.8, 4) is 0 Å². The van der Waals surface area contributed by atoms with Crippen LogP contribution in [0.4, 0.5) is 0 Å². The molecule has 0 unspecified atom stereocenters. The van der Waals surface area contributed by atoms with Crippen molar-refractivity contribution in [2.75, 3.05) is 6.54 Å². The Morgan fingerprint density at radius 1 is 1.36 bits per heavy atom. The van der Waals surface area contributed by atoms with Crippen molar-refractivity contribution in [3.63, 3.8) is 0 Å². The molecule has 0 bridgehead atoms. The van der Waals surface area contributed by atoms with Gasteiger partial charge in [0.1, 0.15) is 0 Å². The summed E-state index contributed by atoms with van der Waals surface area (Å²) in [4.78, 5) is 0. The van der Waals surface area contributed by atoms with Crippen LogP contribution in [0.2, 0.25) is 5.02 Å². The van der Waals surface area contributed by atoms with E-state index >= 15 is 0 Å². The molecule has 11 heavy (non-hydrogen) atoms. The molecule has 0 spiro atoms. The van der Waals surface area contributed by atoms with Crippen molar-refractivity contribution in [3.05, 3.63) is 34.9 Å². The number of halogens is 1. The van der Waals surface area contributed by atoms with Gasteiger partial charge in [0.2, 0.25) is 0 Å². The molecule has 0 saturated carbocycles. The van der Waals surface area contributed by atoms with Crippen LogP contribution in [0.3, 0.4) is 0 Å². The van der Waals surface area contributed by atoms with Gasteiger partial charge in [-0.1, -0.05) is 30.7 Å². The Hall–Kier alpha value is -0.530. The average molecular weight is 170 g/mol. The fourth-order valence-corrected chi connectivity index (χ4v) is 1.05. The highest BCUT2D eigenvalue weighted by atomic mass is 35.5. The van der Waals surface area contributed by atoms with Gasteiger partial charge in [-0.2, -0.15) is 0 Å². The minimum atomic E-state index is 0.423. The molecule has 60 valence electrons.